The van der Waals surface area contributed by atoms with Crippen molar-refractivity contribution >= 4 is 11.8 Å². The van der Waals surface area contributed by atoms with Gasteiger partial charge in [0.2, 0.25) is 5.95 Å². The van der Waals surface area contributed by atoms with E-state index in [1.807, 2.05) is 14.0 Å². The summed E-state index contributed by atoms with van der Waals surface area (Å²) in [5, 5.41) is 7.36. The number of rotatable bonds is 3. The highest BCUT2D eigenvalue weighted by atomic mass is 15.3. The highest BCUT2D eigenvalue weighted by molar-refractivity contribution is 5.93. The molecule has 2 rings (SSSR count). The molecule has 0 saturated heterocycles. The number of nitrogens with zero attached hydrogens (tertiary/aromatic N) is 3. The Morgan fingerprint density at radius 1 is 1.53 bits per heavy atom. The van der Waals surface area contributed by atoms with Crippen LogP contribution in [0.2, 0.25) is 0 Å². The van der Waals surface area contributed by atoms with Gasteiger partial charge in [0.25, 0.3) is 0 Å². The number of nitrogen functional groups attached to an aromatic ring is 1. The summed E-state index contributed by atoms with van der Waals surface area (Å²) in [6.07, 6.45) is 2.40. The number of hydrogen-bond donors (Lipinski definition) is 2. The van der Waals surface area contributed by atoms with Crippen LogP contribution in [0.25, 0.3) is 0 Å². The highest BCUT2D eigenvalue weighted by Crippen LogP contribution is 2.28. The number of nitrogens with one attached hydrogen (secondary N) is 1. The summed E-state index contributed by atoms with van der Waals surface area (Å²) in [5.41, 5.74) is 6.77. The molecule has 0 atom stereocenters. The third-order valence-corrected chi connectivity index (χ3v) is 2.53. The smallest absolute Gasteiger partial charge is 0.226 e. The van der Waals surface area contributed by atoms with E-state index in [1.165, 1.54) is 12.8 Å². The zero-order valence-electron chi connectivity index (χ0n) is 8.99. The maximum absolute atomic E-state index is 7.36. The van der Waals surface area contributed by atoms with Gasteiger partial charge in [0, 0.05) is 18.8 Å². The van der Waals surface area contributed by atoms with E-state index in [9.17, 15) is 0 Å². The molecule has 0 aromatic carbocycles. The van der Waals surface area contributed by atoms with Gasteiger partial charge in [-0.25, -0.2) is 9.97 Å². The fourth-order valence-electron chi connectivity index (χ4n) is 1.47. The van der Waals surface area contributed by atoms with Crippen molar-refractivity contribution in [1.82, 2.24) is 9.97 Å². The second kappa shape index (κ2) is 3.49. The maximum Gasteiger partial charge on any atom is 0.226 e. The molecule has 3 N–H and O–H groups in total. The second-order valence-electron chi connectivity index (χ2n) is 3.95. The fraction of sp³-hybridized carbons (Fsp3) is 0.500. The quantitative estimate of drug-likeness (QED) is 0.561. The van der Waals surface area contributed by atoms with Crippen molar-refractivity contribution < 1.29 is 0 Å². The summed E-state index contributed by atoms with van der Waals surface area (Å²) < 4.78 is 0. The predicted molar refractivity (Wildman–Crippen MR) is 59.2 cm³/mol. The average Bonchev–Trinajstić information content (AvgIpc) is 2.98. The molecule has 1 aromatic heterocycles. The standard InChI is InChI=1S/C10H15N5/c1-6-5-8(9(11)12)14-10(13-6)15(2)7-3-4-7/h5,7H,3-4H2,1-2H3,(H3,11,12). The van der Waals surface area contributed by atoms with Crippen LogP contribution in [0.5, 0.6) is 0 Å². The van der Waals surface area contributed by atoms with Crippen molar-refractivity contribution in [2.75, 3.05) is 11.9 Å². The van der Waals surface area contributed by atoms with Gasteiger partial charge in [0.15, 0.2) is 0 Å². The van der Waals surface area contributed by atoms with Gasteiger partial charge in [-0.2, -0.15) is 0 Å². The Balaban J connectivity index is 2.33. The van der Waals surface area contributed by atoms with Gasteiger partial charge >= 0.3 is 0 Å². The van der Waals surface area contributed by atoms with Crippen molar-refractivity contribution in [3.05, 3.63) is 17.5 Å². The average molecular weight is 205 g/mol. The van der Waals surface area contributed by atoms with Crippen molar-refractivity contribution in [3.8, 4) is 0 Å². The molecule has 0 unspecified atom stereocenters. The first-order valence-electron chi connectivity index (χ1n) is 5.01. The molecule has 1 saturated carbocycles. The van der Waals surface area contributed by atoms with Crippen LogP contribution in [0, 0.1) is 12.3 Å². The SMILES string of the molecule is Cc1cc(C(=N)N)nc(N(C)C2CC2)n1. The van der Waals surface area contributed by atoms with Crippen LogP contribution in [0.3, 0.4) is 0 Å². The van der Waals surface area contributed by atoms with Gasteiger partial charge < -0.3 is 10.6 Å². The van der Waals surface area contributed by atoms with Gasteiger partial charge in [-0.15, -0.1) is 0 Å². The van der Waals surface area contributed by atoms with Crippen LogP contribution in [0.15, 0.2) is 6.07 Å². The highest BCUT2D eigenvalue weighted by Gasteiger charge is 2.28. The van der Waals surface area contributed by atoms with E-state index in [-0.39, 0.29) is 5.84 Å². The molecule has 1 fully saturated rings. The molecule has 1 aliphatic carbocycles. The van der Waals surface area contributed by atoms with Gasteiger partial charge in [0.1, 0.15) is 11.5 Å². The molecule has 5 heteroatoms. The third kappa shape index (κ3) is 2.06. The molecule has 80 valence electrons. The number of nitrogens with two attached hydrogens (primary N) is 1. The van der Waals surface area contributed by atoms with Crippen LogP contribution < -0.4 is 10.6 Å². The molecule has 1 aliphatic rings. The Kier molecular flexibility index (Phi) is 2.30. The first kappa shape index (κ1) is 9.89. The number of amidine groups is 1. The van der Waals surface area contributed by atoms with Crippen molar-refractivity contribution in [2.24, 2.45) is 5.73 Å². The summed E-state index contributed by atoms with van der Waals surface area (Å²) >= 11 is 0. The lowest BCUT2D eigenvalue weighted by atomic mass is 10.3. The van der Waals surface area contributed by atoms with E-state index >= 15 is 0 Å². The van der Waals surface area contributed by atoms with E-state index in [2.05, 4.69) is 14.9 Å². The molecular formula is C10H15N5. The van der Waals surface area contributed by atoms with Crippen molar-refractivity contribution in [1.29, 1.82) is 5.41 Å². The Labute approximate surface area is 88.8 Å². The molecule has 0 aliphatic heterocycles. The van der Waals surface area contributed by atoms with E-state index in [4.69, 9.17) is 11.1 Å². The number of anilines is 1. The van der Waals surface area contributed by atoms with Gasteiger partial charge in [-0.1, -0.05) is 0 Å². The minimum Gasteiger partial charge on any atom is -0.382 e. The van der Waals surface area contributed by atoms with E-state index < -0.39 is 0 Å². The zero-order chi connectivity index (χ0) is 11.0. The van der Waals surface area contributed by atoms with E-state index in [1.54, 1.807) is 6.07 Å². The summed E-state index contributed by atoms with van der Waals surface area (Å²) in [6.45, 7) is 1.89. The lowest BCUT2D eigenvalue weighted by Gasteiger charge is -2.16. The third-order valence-electron chi connectivity index (χ3n) is 2.53. The minimum absolute atomic E-state index is 0.00838. The van der Waals surface area contributed by atoms with Gasteiger partial charge in [-0.05, 0) is 25.8 Å². The Bertz CT molecular complexity index is 397. The lowest BCUT2D eigenvalue weighted by molar-refractivity contribution is 0.852. The molecule has 1 aromatic rings. The monoisotopic (exact) mass is 205 g/mol. The number of aryl methyl sites for hydroxylation is 1. The van der Waals surface area contributed by atoms with Crippen LogP contribution >= 0.6 is 0 Å². The van der Waals surface area contributed by atoms with E-state index in [0.29, 0.717) is 17.7 Å². The molecule has 15 heavy (non-hydrogen) atoms. The summed E-state index contributed by atoms with van der Waals surface area (Å²) in [5.74, 6) is 0.661. The van der Waals surface area contributed by atoms with Crippen molar-refractivity contribution in [3.63, 3.8) is 0 Å². The fourth-order valence-corrected chi connectivity index (χ4v) is 1.47. The minimum atomic E-state index is -0.00838. The van der Waals surface area contributed by atoms with Crippen LogP contribution in [-0.2, 0) is 0 Å². The Morgan fingerprint density at radius 2 is 2.20 bits per heavy atom. The number of hydrogen-bond acceptors (Lipinski definition) is 4. The second-order valence-corrected chi connectivity index (χ2v) is 3.95. The lowest BCUT2D eigenvalue weighted by Crippen LogP contribution is -2.24. The largest absolute Gasteiger partial charge is 0.382 e. The van der Waals surface area contributed by atoms with Gasteiger partial charge in [-0.3, -0.25) is 5.41 Å². The number of aromatic nitrogens is 2. The Morgan fingerprint density at radius 3 is 2.73 bits per heavy atom. The van der Waals surface area contributed by atoms with Crippen LogP contribution in [-0.4, -0.2) is 28.9 Å². The van der Waals surface area contributed by atoms with Crippen LogP contribution in [0.1, 0.15) is 24.2 Å². The van der Waals surface area contributed by atoms with Gasteiger partial charge in [0.05, 0.1) is 0 Å². The van der Waals surface area contributed by atoms with Crippen molar-refractivity contribution in [2.45, 2.75) is 25.8 Å². The molecule has 0 radical (unpaired) electrons. The normalized spacial score (nSPS) is 15.1. The predicted octanol–water partition coefficient (Wildman–Crippen LogP) is 0.668. The molecule has 1 heterocycles. The molecule has 0 spiro atoms. The molecule has 0 amide bonds. The maximum atomic E-state index is 7.36. The summed E-state index contributed by atoms with van der Waals surface area (Å²) in [4.78, 5) is 10.7. The summed E-state index contributed by atoms with van der Waals surface area (Å²) in [7, 11) is 1.98. The Hall–Kier alpha value is -1.65. The molecule has 0 bridgehead atoms. The van der Waals surface area contributed by atoms with Crippen LogP contribution in [0.4, 0.5) is 5.95 Å². The van der Waals surface area contributed by atoms with E-state index in [0.717, 1.165) is 5.69 Å². The first-order chi connectivity index (χ1) is 7.08. The zero-order valence-corrected chi connectivity index (χ0v) is 8.99. The first-order valence-corrected chi connectivity index (χ1v) is 5.01. The summed E-state index contributed by atoms with van der Waals surface area (Å²) in [6, 6.07) is 2.29. The molecule has 5 nitrogen and oxygen atoms in total. The topological polar surface area (TPSA) is 78.9 Å². The molecular weight excluding hydrogens is 190 g/mol.